The molecule has 0 unspecified atom stereocenters. The van der Waals surface area contributed by atoms with E-state index >= 15 is 0 Å². The summed E-state index contributed by atoms with van der Waals surface area (Å²) < 4.78 is 34.3. The van der Waals surface area contributed by atoms with Crippen molar-refractivity contribution in [2.45, 2.75) is 10.1 Å². The maximum Gasteiger partial charge on any atom is 0.264 e. The third-order valence-corrected chi connectivity index (χ3v) is 7.65. The fourth-order valence-corrected chi connectivity index (χ4v) is 5.26. The predicted octanol–water partition coefficient (Wildman–Crippen LogP) is 5.42. The minimum atomic E-state index is -3.85. The zero-order valence-electron chi connectivity index (χ0n) is 18.5. The number of thioether (sulfide) groups is 1. The molecule has 0 bridgehead atoms. The van der Waals surface area contributed by atoms with E-state index in [2.05, 4.69) is 34.3 Å². The molecule has 10 nitrogen and oxygen atoms in total. The molecule has 176 valence electrons. The molecule has 3 heterocycles. The van der Waals surface area contributed by atoms with Crippen LogP contribution in [-0.4, -0.2) is 38.6 Å². The third kappa shape index (κ3) is 4.65. The number of anilines is 1. The molecular weight excluding hydrogens is 504 g/mol. The van der Waals surface area contributed by atoms with Crippen molar-refractivity contribution >= 4 is 61.1 Å². The summed E-state index contributed by atoms with van der Waals surface area (Å²) in [6, 6.07) is 17.5. The number of azo groups is 1. The second-order valence-electron chi connectivity index (χ2n) is 7.23. The average molecular weight is 523 g/mol. The number of aromatic nitrogens is 5. The van der Waals surface area contributed by atoms with Gasteiger partial charge in [0.1, 0.15) is 5.69 Å². The van der Waals surface area contributed by atoms with E-state index in [1.54, 1.807) is 36.0 Å². The van der Waals surface area contributed by atoms with Crippen molar-refractivity contribution in [3.05, 3.63) is 66.9 Å². The van der Waals surface area contributed by atoms with Gasteiger partial charge < -0.3 is 0 Å². The van der Waals surface area contributed by atoms with E-state index < -0.39 is 10.0 Å². The van der Waals surface area contributed by atoms with Gasteiger partial charge in [0.15, 0.2) is 21.6 Å². The van der Waals surface area contributed by atoms with Crippen molar-refractivity contribution in [3.8, 4) is 11.3 Å². The van der Waals surface area contributed by atoms with Crippen molar-refractivity contribution in [1.29, 1.82) is 0 Å². The Balaban J connectivity index is 1.57. The molecule has 2 aromatic carbocycles. The quantitative estimate of drug-likeness (QED) is 0.172. The fraction of sp³-hybridized carbons (Fsp3) is 0.0909. The number of benzene rings is 2. The molecular formula is C22H18N8O2S3. The van der Waals surface area contributed by atoms with Crippen LogP contribution >= 0.6 is 23.3 Å². The van der Waals surface area contributed by atoms with Crippen molar-refractivity contribution in [2.75, 3.05) is 11.0 Å². The Morgan fingerprint density at radius 3 is 2.43 bits per heavy atom. The van der Waals surface area contributed by atoms with Gasteiger partial charge in [-0.2, -0.15) is 4.37 Å². The predicted molar refractivity (Wildman–Crippen MR) is 137 cm³/mol. The highest BCUT2D eigenvalue weighted by molar-refractivity contribution is 7.98. The molecule has 0 radical (unpaired) electrons. The SMILES string of the molecule is CSc1ncc2c(/N=N/c3c(-c4ccccc4)nc(NS(=O)(=O)c4ccccc4)n3C)snc2n1. The van der Waals surface area contributed by atoms with E-state index in [1.807, 2.05) is 36.6 Å². The average Bonchev–Trinajstić information content (AvgIpc) is 3.43. The Bertz CT molecular complexity index is 1630. The summed E-state index contributed by atoms with van der Waals surface area (Å²) in [6.07, 6.45) is 3.57. The van der Waals surface area contributed by atoms with E-state index in [4.69, 9.17) is 0 Å². The van der Waals surface area contributed by atoms with Crippen LogP contribution in [0.4, 0.5) is 16.8 Å². The fourth-order valence-electron chi connectivity index (χ4n) is 3.24. The first kappa shape index (κ1) is 23.1. The smallest absolute Gasteiger partial charge is 0.264 e. The van der Waals surface area contributed by atoms with Crippen molar-refractivity contribution in [2.24, 2.45) is 17.3 Å². The Kier molecular flexibility index (Phi) is 6.28. The topological polar surface area (TPSA) is 127 Å². The highest BCUT2D eigenvalue weighted by atomic mass is 32.2. The van der Waals surface area contributed by atoms with Crippen LogP contribution in [0.3, 0.4) is 0 Å². The lowest BCUT2D eigenvalue weighted by atomic mass is 10.1. The van der Waals surface area contributed by atoms with Crippen LogP contribution in [-0.2, 0) is 17.1 Å². The second-order valence-corrected chi connectivity index (χ2v) is 10.4. The van der Waals surface area contributed by atoms with Crippen LogP contribution in [0.1, 0.15) is 0 Å². The highest BCUT2D eigenvalue weighted by Crippen LogP contribution is 2.36. The van der Waals surface area contributed by atoms with Gasteiger partial charge >= 0.3 is 0 Å². The number of rotatable bonds is 7. The summed E-state index contributed by atoms with van der Waals surface area (Å²) in [5.74, 6) is 0.494. The summed E-state index contributed by atoms with van der Waals surface area (Å²) in [5, 5.41) is 10.7. The maximum atomic E-state index is 12.9. The van der Waals surface area contributed by atoms with Crippen LogP contribution < -0.4 is 4.72 Å². The number of imidazole rings is 1. The molecule has 0 atom stereocenters. The summed E-state index contributed by atoms with van der Waals surface area (Å²) in [7, 11) is -2.17. The summed E-state index contributed by atoms with van der Waals surface area (Å²) in [6.45, 7) is 0. The van der Waals surface area contributed by atoms with Gasteiger partial charge in [0.2, 0.25) is 5.95 Å². The number of nitrogens with zero attached hydrogens (tertiary/aromatic N) is 7. The molecule has 0 fully saturated rings. The minimum Gasteiger partial charge on any atom is -0.296 e. The van der Waals surface area contributed by atoms with Crippen molar-refractivity contribution in [1.82, 2.24) is 23.9 Å². The van der Waals surface area contributed by atoms with E-state index in [1.165, 1.54) is 23.9 Å². The van der Waals surface area contributed by atoms with Crippen LogP contribution in [0.2, 0.25) is 0 Å². The summed E-state index contributed by atoms with van der Waals surface area (Å²) in [4.78, 5) is 13.4. The lowest BCUT2D eigenvalue weighted by Crippen LogP contribution is -2.15. The summed E-state index contributed by atoms with van der Waals surface area (Å²) in [5.41, 5.74) is 1.80. The van der Waals surface area contributed by atoms with Gasteiger partial charge in [-0.1, -0.05) is 60.3 Å². The third-order valence-electron chi connectivity index (χ3n) is 5.00. The largest absolute Gasteiger partial charge is 0.296 e. The highest BCUT2D eigenvalue weighted by Gasteiger charge is 2.22. The lowest BCUT2D eigenvalue weighted by Gasteiger charge is -2.07. The summed E-state index contributed by atoms with van der Waals surface area (Å²) >= 11 is 2.59. The normalized spacial score (nSPS) is 11.9. The zero-order valence-corrected chi connectivity index (χ0v) is 21.0. The first-order chi connectivity index (χ1) is 17.0. The Morgan fingerprint density at radius 2 is 1.71 bits per heavy atom. The number of hydrogen-bond donors (Lipinski definition) is 1. The Hall–Kier alpha value is -3.68. The lowest BCUT2D eigenvalue weighted by molar-refractivity contribution is 0.600. The van der Waals surface area contributed by atoms with Gasteiger partial charge in [0.05, 0.1) is 10.3 Å². The number of nitrogens with one attached hydrogen (secondary N) is 1. The molecule has 0 aliphatic heterocycles. The first-order valence-corrected chi connectivity index (χ1v) is 13.7. The molecule has 5 rings (SSSR count). The molecule has 1 N–H and O–H groups in total. The maximum absolute atomic E-state index is 12.9. The van der Waals surface area contributed by atoms with Crippen LogP contribution in [0.25, 0.3) is 22.3 Å². The molecule has 0 aliphatic rings. The van der Waals surface area contributed by atoms with E-state index in [0.29, 0.717) is 32.7 Å². The van der Waals surface area contributed by atoms with Crippen molar-refractivity contribution in [3.63, 3.8) is 0 Å². The number of fused-ring (bicyclic) bond motifs is 1. The number of hydrogen-bond acceptors (Lipinski definition) is 10. The zero-order chi connectivity index (χ0) is 24.4. The molecule has 0 amide bonds. The second kappa shape index (κ2) is 9.52. The molecule has 5 aromatic rings. The van der Waals surface area contributed by atoms with E-state index in [0.717, 1.165) is 17.1 Å². The van der Waals surface area contributed by atoms with Gasteiger partial charge in [-0.3, -0.25) is 4.57 Å². The molecule has 3 aromatic heterocycles. The molecule has 0 aliphatic carbocycles. The van der Waals surface area contributed by atoms with Crippen LogP contribution in [0.15, 0.2) is 87.1 Å². The monoisotopic (exact) mass is 522 g/mol. The van der Waals surface area contributed by atoms with Crippen LogP contribution in [0.5, 0.6) is 0 Å². The Labute approximate surface area is 209 Å². The molecule has 0 saturated heterocycles. The first-order valence-electron chi connectivity index (χ1n) is 10.2. The Morgan fingerprint density at radius 1 is 1.00 bits per heavy atom. The van der Waals surface area contributed by atoms with Gasteiger partial charge in [0, 0.05) is 18.8 Å². The van der Waals surface area contributed by atoms with Gasteiger partial charge in [0.25, 0.3) is 10.0 Å². The van der Waals surface area contributed by atoms with E-state index in [-0.39, 0.29) is 10.8 Å². The number of sulfonamides is 1. The minimum absolute atomic E-state index is 0.115. The molecule has 13 heteroatoms. The van der Waals surface area contributed by atoms with Crippen LogP contribution in [0, 0.1) is 0 Å². The van der Waals surface area contributed by atoms with Crippen molar-refractivity contribution < 1.29 is 8.42 Å². The molecule has 0 spiro atoms. The van der Waals surface area contributed by atoms with Gasteiger partial charge in [-0.15, -0.1) is 10.2 Å². The standard InChI is InChI=1S/C22H18N8O2S3/c1-30-19(26-27-20-16-13-23-22(33-2)25-18(16)28-34-20)17(14-9-5-3-6-10-14)24-21(30)29-35(31,32)15-11-7-4-8-12-15/h3-13H,1-2H3,(H,24,29)/b27-26+. The van der Waals surface area contributed by atoms with Gasteiger partial charge in [-0.05, 0) is 29.9 Å². The van der Waals surface area contributed by atoms with Gasteiger partial charge in [-0.25, -0.2) is 28.1 Å². The molecule has 0 saturated carbocycles. The van der Waals surface area contributed by atoms with E-state index in [9.17, 15) is 8.42 Å². The molecule has 35 heavy (non-hydrogen) atoms.